The molecule has 1 heteroatoms. The van der Waals surface area contributed by atoms with Crippen LogP contribution >= 0.6 is 11.8 Å². The van der Waals surface area contributed by atoms with Crippen LogP contribution < -0.4 is 0 Å². The lowest BCUT2D eigenvalue weighted by atomic mass is 9.81. The lowest BCUT2D eigenvalue weighted by Gasteiger charge is -2.45. The molecule has 0 nitrogen and oxygen atoms in total. The van der Waals surface area contributed by atoms with Gasteiger partial charge in [0.15, 0.2) is 0 Å². The van der Waals surface area contributed by atoms with E-state index in [1.54, 1.807) is 4.91 Å². The number of hydrogen-bond donors (Lipinski definition) is 0. The van der Waals surface area contributed by atoms with Crippen LogP contribution in [-0.4, -0.2) is 5.25 Å². The van der Waals surface area contributed by atoms with Crippen molar-refractivity contribution in [1.82, 2.24) is 0 Å². The van der Waals surface area contributed by atoms with Crippen LogP contribution in [0.1, 0.15) is 20.8 Å². The van der Waals surface area contributed by atoms with Crippen molar-refractivity contribution in [3.63, 3.8) is 0 Å². The Morgan fingerprint density at radius 2 is 2.13 bits per heavy atom. The van der Waals surface area contributed by atoms with Gasteiger partial charge in [-0.1, -0.05) is 38.2 Å². The highest BCUT2D eigenvalue weighted by Gasteiger charge is 2.52. The molecular weight excluding hydrogens is 200 g/mol. The third-order valence-electron chi connectivity index (χ3n) is 3.80. The summed E-state index contributed by atoms with van der Waals surface area (Å²) >= 11 is 2.03. The van der Waals surface area contributed by atoms with Gasteiger partial charge in [-0.25, -0.2) is 0 Å². The normalized spacial score (nSPS) is 36.5. The van der Waals surface area contributed by atoms with Crippen molar-refractivity contribution in [2.24, 2.45) is 11.3 Å². The Bertz CT molecular complexity index is 432. The van der Waals surface area contributed by atoms with Gasteiger partial charge in [0.25, 0.3) is 0 Å². The van der Waals surface area contributed by atoms with Crippen LogP contribution in [0, 0.1) is 11.3 Å². The fraction of sp³-hybridized carbons (Fsp3) is 0.429. The molecule has 0 aromatic carbocycles. The van der Waals surface area contributed by atoms with Crippen LogP contribution in [0.4, 0.5) is 0 Å². The Kier molecular flexibility index (Phi) is 1.85. The van der Waals surface area contributed by atoms with Gasteiger partial charge in [0.1, 0.15) is 0 Å². The van der Waals surface area contributed by atoms with Gasteiger partial charge >= 0.3 is 0 Å². The predicted octanol–water partition coefficient (Wildman–Crippen LogP) is 4.08. The Morgan fingerprint density at radius 3 is 2.87 bits per heavy atom. The molecule has 3 rings (SSSR count). The summed E-state index contributed by atoms with van der Waals surface area (Å²) in [6.07, 6.45) is 11.7. The smallest absolute Gasteiger partial charge is 0.0414 e. The van der Waals surface area contributed by atoms with E-state index in [0.717, 1.165) is 0 Å². The zero-order valence-electron chi connectivity index (χ0n) is 9.45. The average Bonchev–Trinajstić information content (AvgIpc) is 2.38. The molecule has 0 spiro atoms. The maximum Gasteiger partial charge on any atom is 0.0414 e. The summed E-state index contributed by atoms with van der Waals surface area (Å²) in [5.41, 5.74) is 3.28. The molecule has 15 heavy (non-hydrogen) atoms. The summed E-state index contributed by atoms with van der Waals surface area (Å²) in [5.74, 6) is 0.625. The summed E-state index contributed by atoms with van der Waals surface area (Å²) < 4.78 is 0. The molecular formula is C14H16S. The molecule has 2 unspecified atom stereocenters. The largest absolute Gasteiger partial charge is 0.121 e. The molecule has 1 fully saturated rings. The molecule has 78 valence electrons. The Morgan fingerprint density at radius 1 is 1.33 bits per heavy atom. The molecule has 1 saturated heterocycles. The van der Waals surface area contributed by atoms with Gasteiger partial charge in [0.05, 0.1) is 0 Å². The zero-order valence-corrected chi connectivity index (χ0v) is 10.3. The van der Waals surface area contributed by atoms with E-state index in [1.807, 2.05) is 11.8 Å². The third-order valence-corrected chi connectivity index (χ3v) is 5.48. The second-order valence-electron chi connectivity index (χ2n) is 5.05. The monoisotopic (exact) mass is 216 g/mol. The van der Waals surface area contributed by atoms with Crippen molar-refractivity contribution in [1.29, 1.82) is 0 Å². The summed E-state index contributed by atoms with van der Waals surface area (Å²) in [7, 11) is 0. The van der Waals surface area contributed by atoms with E-state index >= 15 is 0 Å². The highest BCUT2D eigenvalue weighted by molar-refractivity contribution is 8.05. The van der Waals surface area contributed by atoms with Crippen LogP contribution in [0.25, 0.3) is 0 Å². The standard InChI is InChI=1S/C14H16S/c1-9(2)10-4-5-11-6-7-12-14(11,3)13(8-10)15-12/h4-9,12H,1-3H3. The minimum Gasteiger partial charge on any atom is -0.121 e. The van der Waals surface area contributed by atoms with E-state index in [9.17, 15) is 0 Å². The van der Waals surface area contributed by atoms with E-state index in [-0.39, 0.29) is 0 Å². The molecule has 0 aromatic rings. The molecule has 2 aliphatic carbocycles. The quantitative estimate of drug-likeness (QED) is 0.636. The Balaban J connectivity index is 2.11. The van der Waals surface area contributed by atoms with Crippen LogP contribution in [-0.2, 0) is 0 Å². The molecule has 0 bridgehead atoms. The van der Waals surface area contributed by atoms with E-state index in [1.165, 1.54) is 11.1 Å². The van der Waals surface area contributed by atoms with Crippen molar-refractivity contribution in [3.8, 4) is 0 Å². The van der Waals surface area contributed by atoms with Gasteiger partial charge in [0, 0.05) is 10.7 Å². The molecule has 0 amide bonds. The fourth-order valence-electron chi connectivity index (χ4n) is 2.52. The predicted molar refractivity (Wildman–Crippen MR) is 67.7 cm³/mol. The lowest BCUT2D eigenvalue weighted by Crippen LogP contribution is -2.36. The van der Waals surface area contributed by atoms with Gasteiger partial charge in [-0.2, -0.15) is 0 Å². The lowest BCUT2D eigenvalue weighted by molar-refractivity contribution is 0.529. The number of hydrogen-bond acceptors (Lipinski definition) is 1. The van der Waals surface area contributed by atoms with Crippen LogP contribution in [0.5, 0.6) is 0 Å². The molecule has 1 aliphatic heterocycles. The van der Waals surface area contributed by atoms with Gasteiger partial charge < -0.3 is 0 Å². The van der Waals surface area contributed by atoms with E-state index in [0.29, 0.717) is 16.6 Å². The first kappa shape index (κ1) is 9.53. The topological polar surface area (TPSA) is 0 Å². The van der Waals surface area contributed by atoms with Crippen LogP contribution in [0.3, 0.4) is 0 Å². The molecule has 0 radical (unpaired) electrons. The first-order valence-corrected chi connectivity index (χ1v) is 6.49. The zero-order chi connectivity index (χ0) is 10.6. The average molecular weight is 216 g/mol. The Labute approximate surface area is 95.8 Å². The minimum absolute atomic E-state index is 0.317. The Hall–Kier alpha value is -0.690. The molecule has 3 aliphatic rings. The van der Waals surface area contributed by atoms with Gasteiger partial charge in [-0.15, -0.1) is 11.8 Å². The molecule has 0 saturated carbocycles. The van der Waals surface area contributed by atoms with Crippen molar-refractivity contribution >= 4 is 11.8 Å². The van der Waals surface area contributed by atoms with E-state index in [2.05, 4.69) is 51.2 Å². The second-order valence-corrected chi connectivity index (χ2v) is 6.24. The summed E-state index contributed by atoms with van der Waals surface area (Å²) in [6.45, 7) is 6.91. The molecule has 0 aromatic heterocycles. The molecule has 1 heterocycles. The highest BCUT2D eigenvalue weighted by atomic mass is 32.2. The third kappa shape index (κ3) is 1.10. The number of allylic oxidation sites excluding steroid dienone is 7. The van der Waals surface area contributed by atoms with Crippen LogP contribution in [0.2, 0.25) is 0 Å². The van der Waals surface area contributed by atoms with Crippen molar-refractivity contribution < 1.29 is 0 Å². The van der Waals surface area contributed by atoms with Crippen LogP contribution in [0.15, 0.2) is 46.4 Å². The van der Waals surface area contributed by atoms with E-state index < -0.39 is 0 Å². The fourth-order valence-corrected chi connectivity index (χ4v) is 3.96. The van der Waals surface area contributed by atoms with Crippen molar-refractivity contribution in [3.05, 3.63) is 46.4 Å². The summed E-state index contributed by atoms with van der Waals surface area (Å²) in [4.78, 5) is 1.56. The molecule has 2 atom stereocenters. The van der Waals surface area contributed by atoms with Crippen molar-refractivity contribution in [2.45, 2.75) is 26.0 Å². The molecule has 0 N–H and O–H groups in total. The first-order valence-electron chi connectivity index (χ1n) is 5.62. The van der Waals surface area contributed by atoms with Gasteiger partial charge in [-0.3, -0.25) is 0 Å². The SMILES string of the molecule is CC(C)C1=CC=C2C=CC3SC(=C1)C23C. The maximum atomic E-state index is 2.41. The first-order chi connectivity index (χ1) is 7.12. The minimum atomic E-state index is 0.317. The van der Waals surface area contributed by atoms with Gasteiger partial charge in [0.2, 0.25) is 0 Å². The van der Waals surface area contributed by atoms with Crippen molar-refractivity contribution in [2.75, 3.05) is 0 Å². The maximum absolute atomic E-state index is 2.41. The van der Waals surface area contributed by atoms with E-state index in [4.69, 9.17) is 0 Å². The summed E-state index contributed by atoms with van der Waals surface area (Å²) in [5, 5.41) is 0.690. The summed E-state index contributed by atoms with van der Waals surface area (Å²) in [6, 6.07) is 0. The highest BCUT2D eigenvalue weighted by Crippen LogP contribution is 2.64. The second kappa shape index (κ2) is 2.91. The van der Waals surface area contributed by atoms with Gasteiger partial charge in [-0.05, 0) is 35.0 Å². The number of thioether (sulfide) groups is 1. The number of rotatable bonds is 1.